The van der Waals surface area contributed by atoms with Gasteiger partial charge >= 0.3 is 0 Å². The average Bonchev–Trinajstić information content (AvgIpc) is 2.75. The minimum atomic E-state index is -0.122. The third-order valence-corrected chi connectivity index (χ3v) is 3.65. The van der Waals surface area contributed by atoms with Crippen molar-refractivity contribution >= 4 is 5.91 Å². The Morgan fingerprint density at radius 1 is 1.50 bits per heavy atom. The van der Waals surface area contributed by atoms with Gasteiger partial charge in [0, 0.05) is 19.1 Å². The SMILES string of the molecule is CC1(CNC(=O)C2CCNCC2)CCCO1. The number of hydrogen-bond donors (Lipinski definition) is 2. The molecule has 16 heavy (non-hydrogen) atoms. The molecule has 2 rings (SSSR count). The van der Waals surface area contributed by atoms with Gasteiger partial charge in [0.2, 0.25) is 5.91 Å². The molecule has 1 atom stereocenters. The zero-order valence-electron chi connectivity index (χ0n) is 10.1. The summed E-state index contributed by atoms with van der Waals surface area (Å²) in [5.74, 6) is 0.407. The first-order valence-corrected chi connectivity index (χ1v) is 6.32. The van der Waals surface area contributed by atoms with Crippen molar-refractivity contribution in [1.82, 2.24) is 10.6 Å². The van der Waals surface area contributed by atoms with E-state index in [-0.39, 0.29) is 17.4 Å². The van der Waals surface area contributed by atoms with Crippen LogP contribution in [0.25, 0.3) is 0 Å². The lowest BCUT2D eigenvalue weighted by Crippen LogP contribution is -2.44. The first kappa shape index (κ1) is 11.9. The van der Waals surface area contributed by atoms with Crippen molar-refractivity contribution in [3.05, 3.63) is 0 Å². The summed E-state index contributed by atoms with van der Waals surface area (Å²) in [7, 11) is 0. The van der Waals surface area contributed by atoms with Crippen LogP contribution < -0.4 is 10.6 Å². The van der Waals surface area contributed by atoms with E-state index in [1.54, 1.807) is 0 Å². The van der Waals surface area contributed by atoms with Gasteiger partial charge in [-0.15, -0.1) is 0 Å². The Morgan fingerprint density at radius 2 is 2.25 bits per heavy atom. The molecule has 0 bridgehead atoms. The molecule has 92 valence electrons. The molecule has 2 fully saturated rings. The van der Waals surface area contributed by atoms with E-state index in [0.717, 1.165) is 45.4 Å². The predicted molar refractivity (Wildman–Crippen MR) is 62.2 cm³/mol. The summed E-state index contributed by atoms with van der Waals surface area (Å²) < 4.78 is 5.65. The second-order valence-electron chi connectivity index (χ2n) is 5.14. The van der Waals surface area contributed by atoms with E-state index in [1.165, 1.54) is 0 Å². The first-order chi connectivity index (χ1) is 7.70. The number of amides is 1. The lowest BCUT2D eigenvalue weighted by molar-refractivity contribution is -0.127. The molecule has 0 spiro atoms. The van der Waals surface area contributed by atoms with E-state index >= 15 is 0 Å². The molecule has 2 aliphatic heterocycles. The molecule has 0 saturated carbocycles. The quantitative estimate of drug-likeness (QED) is 0.743. The molecule has 2 N–H and O–H groups in total. The molecule has 1 amide bonds. The molecule has 0 aliphatic carbocycles. The zero-order chi connectivity index (χ0) is 11.4. The molecule has 0 aromatic carbocycles. The second-order valence-corrected chi connectivity index (χ2v) is 5.14. The van der Waals surface area contributed by atoms with Crippen molar-refractivity contribution in [3.8, 4) is 0 Å². The molecule has 0 radical (unpaired) electrons. The monoisotopic (exact) mass is 226 g/mol. The van der Waals surface area contributed by atoms with Crippen molar-refractivity contribution in [1.29, 1.82) is 0 Å². The van der Waals surface area contributed by atoms with Crippen LogP contribution in [0.2, 0.25) is 0 Å². The molecule has 2 aliphatic rings. The van der Waals surface area contributed by atoms with Gasteiger partial charge in [-0.05, 0) is 45.7 Å². The molecule has 0 aromatic heterocycles. The van der Waals surface area contributed by atoms with Crippen molar-refractivity contribution in [2.24, 2.45) is 5.92 Å². The average molecular weight is 226 g/mol. The number of carbonyl (C=O) groups is 1. The summed E-state index contributed by atoms with van der Waals surface area (Å²) in [5.41, 5.74) is -0.122. The Morgan fingerprint density at radius 3 is 2.88 bits per heavy atom. The fourth-order valence-corrected chi connectivity index (χ4v) is 2.48. The number of nitrogens with one attached hydrogen (secondary N) is 2. The molecule has 2 heterocycles. The summed E-state index contributed by atoms with van der Waals surface area (Å²) in [6.45, 7) is 5.51. The Labute approximate surface area is 97.1 Å². The Balaban J connectivity index is 1.74. The van der Waals surface area contributed by atoms with E-state index in [9.17, 15) is 4.79 Å². The van der Waals surface area contributed by atoms with Gasteiger partial charge in [-0.3, -0.25) is 4.79 Å². The highest BCUT2D eigenvalue weighted by molar-refractivity contribution is 5.78. The molecular weight excluding hydrogens is 204 g/mol. The van der Waals surface area contributed by atoms with Crippen LogP contribution in [0, 0.1) is 5.92 Å². The summed E-state index contributed by atoms with van der Waals surface area (Å²) in [6, 6.07) is 0. The van der Waals surface area contributed by atoms with Crippen molar-refractivity contribution in [2.75, 3.05) is 26.2 Å². The van der Waals surface area contributed by atoms with Crippen LogP contribution in [0.1, 0.15) is 32.6 Å². The fourth-order valence-electron chi connectivity index (χ4n) is 2.48. The number of ether oxygens (including phenoxy) is 1. The first-order valence-electron chi connectivity index (χ1n) is 6.32. The Kier molecular flexibility index (Phi) is 3.82. The summed E-state index contributed by atoms with van der Waals surface area (Å²) in [5, 5.41) is 6.31. The van der Waals surface area contributed by atoms with E-state index < -0.39 is 0 Å². The van der Waals surface area contributed by atoms with Crippen molar-refractivity contribution in [3.63, 3.8) is 0 Å². The lowest BCUT2D eigenvalue weighted by Gasteiger charge is -2.26. The maximum atomic E-state index is 11.9. The maximum absolute atomic E-state index is 11.9. The molecule has 0 aromatic rings. The molecule has 2 saturated heterocycles. The van der Waals surface area contributed by atoms with Gasteiger partial charge in [-0.25, -0.2) is 0 Å². The van der Waals surface area contributed by atoms with Crippen LogP contribution in [-0.2, 0) is 9.53 Å². The largest absolute Gasteiger partial charge is 0.373 e. The minimum absolute atomic E-state index is 0.122. The van der Waals surface area contributed by atoms with E-state index in [0.29, 0.717) is 6.54 Å². The standard InChI is InChI=1S/C12H22N2O2/c1-12(5-2-8-16-12)9-14-11(15)10-3-6-13-7-4-10/h10,13H,2-9H2,1H3,(H,14,15). The smallest absolute Gasteiger partial charge is 0.223 e. The van der Waals surface area contributed by atoms with E-state index in [2.05, 4.69) is 17.6 Å². The normalized spacial score (nSPS) is 31.6. The van der Waals surface area contributed by atoms with E-state index in [1.807, 2.05) is 0 Å². The van der Waals surface area contributed by atoms with Crippen molar-refractivity contribution < 1.29 is 9.53 Å². The summed E-state index contributed by atoms with van der Waals surface area (Å²) in [6.07, 6.45) is 4.09. The molecular formula is C12H22N2O2. The van der Waals surface area contributed by atoms with Gasteiger partial charge in [0.1, 0.15) is 0 Å². The molecule has 1 unspecified atom stereocenters. The summed E-state index contributed by atoms with van der Waals surface area (Å²) >= 11 is 0. The highest BCUT2D eigenvalue weighted by Crippen LogP contribution is 2.24. The predicted octanol–water partition coefficient (Wildman–Crippen LogP) is 0.671. The minimum Gasteiger partial charge on any atom is -0.373 e. The maximum Gasteiger partial charge on any atom is 0.223 e. The van der Waals surface area contributed by atoms with Crippen LogP contribution in [0.3, 0.4) is 0 Å². The fraction of sp³-hybridized carbons (Fsp3) is 0.917. The lowest BCUT2D eigenvalue weighted by atomic mass is 9.96. The van der Waals surface area contributed by atoms with Crippen LogP contribution in [-0.4, -0.2) is 37.7 Å². The van der Waals surface area contributed by atoms with Crippen LogP contribution in [0.4, 0.5) is 0 Å². The van der Waals surface area contributed by atoms with Crippen LogP contribution in [0.15, 0.2) is 0 Å². The summed E-state index contributed by atoms with van der Waals surface area (Å²) in [4.78, 5) is 11.9. The zero-order valence-corrected chi connectivity index (χ0v) is 10.1. The number of hydrogen-bond acceptors (Lipinski definition) is 3. The van der Waals surface area contributed by atoms with Gasteiger partial charge in [0.15, 0.2) is 0 Å². The van der Waals surface area contributed by atoms with Gasteiger partial charge < -0.3 is 15.4 Å². The van der Waals surface area contributed by atoms with Crippen LogP contribution in [0.5, 0.6) is 0 Å². The van der Waals surface area contributed by atoms with Crippen LogP contribution >= 0.6 is 0 Å². The highest BCUT2D eigenvalue weighted by atomic mass is 16.5. The van der Waals surface area contributed by atoms with Gasteiger partial charge in [-0.2, -0.15) is 0 Å². The Bertz CT molecular complexity index is 243. The van der Waals surface area contributed by atoms with Crippen molar-refractivity contribution in [2.45, 2.75) is 38.2 Å². The van der Waals surface area contributed by atoms with E-state index in [4.69, 9.17) is 4.74 Å². The number of piperidine rings is 1. The molecule has 4 heteroatoms. The second kappa shape index (κ2) is 5.15. The Hall–Kier alpha value is -0.610. The van der Waals surface area contributed by atoms with Gasteiger partial charge in [-0.1, -0.05) is 0 Å². The number of carbonyl (C=O) groups excluding carboxylic acids is 1. The van der Waals surface area contributed by atoms with Gasteiger partial charge in [0.25, 0.3) is 0 Å². The highest BCUT2D eigenvalue weighted by Gasteiger charge is 2.31. The topological polar surface area (TPSA) is 50.4 Å². The third-order valence-electron chi connectivity index (χ3n) is 3.65. The molecule has 4 nitrogen and oxygen atoms in total. The number of rotatable bonds is 3. The van der Waals surface area contributed by atoms with Gasteiger partial charge in [0.05, 0.1) is 5.60 Å². The third kappa shape index (κ3) is 2.95.